The third-order valence-corrected chi connectivity index (χ3v) is 25.0. The van der Waals surface area contributed by atoms with Gasteiger partial charge in [0.1, 0.15) is 101 Å². The van der Waals surface area contributed by atoms with Crippen LogP contribution in [0.4, 0.5) is 10.5 Å². The van der Waals surface area contributed by atoms with Crippen molar-refractivity contribution in [2.24, 2.45) is 35.3 Å². The number of ether oxygens (including phenoxy) is 7. The largest absolute Gasteiger partial charge is 0.508 e. The maximum absolute atomic E-state index is 16.7. The lowest BCUT2D eigenvalue weighted by Crippen LogP contribution is -2.64. The van der Waals surface area contributed by atoms with Gasteiger partial charge in [-0.2, -0.15) is 0 Å². The van der Waals surface area contributed by atoms with Crippen molar-refractivity contribution in [2.75, 3.05) is 25.6 Å². The number of carbonyl (C=O) groups is 9. The number of halogens is 2. The Hall–Kier alpha value is -10.7. The number of aromatic hydroxyl groups is 3. The van der Waals surface area contributed by atoms with Gasteiger partial charge in [-0.25, -0.2) is 4.79 Å². The normalized spacial score (nSPS) is 30.3. The monoisotopic (exact) mass is 1770 g/mol. The highest BCUT2D eigenvalue weighted by atomic mass is 35.5. The molecule has 6 fully saturated rings. The van der Waals surface area contributed by atoms with Crippen molar-refractivity contribution in [3.8, 4) is 62.9 Å². The Bertz CT molecular complexity index is 5080. The third-order valence-electron chi connectivity index (χ3n) is 24.4. The van der Waals surface area contributed by atoms with Crippen molar-refractivity contribution < 1.29 is 122 Å². The molecule has 18 atom stereocenters. The summed E-state index contributed by atoms with van der Waals surface area (Å²) in [4.78, 5) is 139. The van der Waals surface area contributed by atoms with E-state index in [1.165, 1.54) is 57.3 Å². The predicted octanol–water partition coefficient (Wildman–Crippen LogP) is 5.00. The molecule has 2 saturated heterocycles. The van der Waals surface area contributed by atoms with Gasteiger partial charge < -0.3 is 133 Å². The number of hydrogen-bond donors (Lipinski definition) is 20. The average Bonchev–Trinajstić information content (AvgIpc) is 0.757. The zero-order chi connectivity index (χ0) is 89.5. The Kier molecular flexibility index (Phi) is 27.4. The molecule has 7 aliphatic heterocycles. The van der Waals surface area contributed by atoms with Gasteiger partial charge in [0.2, 0.25) is 59.3 Å². The van der Waals surface area contributed by atoms with Gasteiger partial charge in [-0.15, -0.1) is 0 Å². The molecule has 0 spiro atoms. The molecule has 38 heteroatoms. The molecule has 21 N–H and O–H groups in total. The lowest BCUT2D eigenvalue weighted by Gasteiger charge is -2.54. The Labute approximate surface area is 727 Å². The van der Waals surface area contributed by atoms with Crippen molar-refractivity contribution in [3.63, 3.8) is 0 Å². The summed E-state index contributed by atoms with van der Waals surface area (Å²) in [5, 5.41) is 132. The van der Waals surface area contributed by atoms with Crippen LogP contribution in [-0.2, 0) is 52.6 Å². The van der Waals surface area contributed by atoms with Crippen LogP contribution in [0.2, 0.25) is 10.0 Å². The minimum Gasteiger partial charge on any atom is -0.508 e. The van der Waals surface area contributed by atoms with Crippen molar-refractivity contribution in [1.29, 1.82) is 0 Å². The number of likely N-dealkylation sites (N-methyl/N-ethyl adjacent to an activating group) is 1. The van der Waals surface area contributed by atoms with Crippen LogP contribution in [0.15, 0.2) is 103 Å². The number of anilines is 1. The van der Waals surface area contributed by atoms with Gasteiger partial charge in [-0.05, 0) is 202 Å². The van der Waals surface area contributed by atoms with Crippen molar-refractivity contribution in [1.82, 2.24) is 47.9 Å². The summed E-state index contributed by atoms with van der Waals surface area (Å²) in [5.74, 6) is -13.3. The van der Waals surface area contributed by atoms with Crippen LogP contribution in [0.1, 0.15) is 157 Å². The first-order chi connectivity index (χ1) is 59.5. The van der Waals surface area contributed by atoms with Gasteiger partial charge >= 0.3 is 6.03 Å². The number of carbonyl (C=O) groups excluding carboxylic acids is 9. The van der Waals surface area contributed by atoms with Crippen LogP contribution in [0.5, 0.6) is 51.7 Å². The summed E-state index contributed by atoms with van der Waals surface area (Å²) in [5.41, 5.74) is 3.05. The summed E-state index contributed by atoms with van der Waals surface area (Å²) in [7, 11) is 1.47. The number of aliphatic hydroxyl groups is 6. The van der Waals surface area contributed by atoms with E-state index >= 15 is 28.8 Å². The summed E-state index contributed by atoms with van der Waals surface area (Å²) in [6.45, 7) is 8.06. The Morgan fingerprint density at radius 3 is 1.91 bits per heavy atom. The van der Waals surface area contributed by atoms with E-state index < -0.39 is 227 Å². The van der Waals surface area contributed by atoms with Crippen LogP contribution < -0.4 is 77.8 Å². The van der Waals surface area contributed by atoms with Crippen molar-refractivity contribution >= 4 is 82.2 Å². The molecule has 7 heterocycles. The molecule has 4 aliphatic carbocycles. The molecule has 6 aromatic rings. The average molecular weight is 1770 g/mol. The number of amides is 10. The van der Waals surface area contributed by atoms with E-state index in [0.717, 1.165) is 99.5 Å². The number of aliphatic hydroxyl groups excluding tert-OH is 6. The predicted molar refractivity (Wildman–Crippen MR) is 445 cm³/mol. The molecule has 36 nitrogen and oxygen atoms in total. The molecular formula is C87H103Cl2N11O25. The minimum atomic E-state index is -2.42. The first-order valence-corrected chi connectivity index (χ1v) is 42.4. The molecule has 15 bridgehead atoms. The quantitative estimate of drug-likeness (QED) is 0.0474. The van der Waals surface area contributed by atoms with Crippen molar-refractivity contribution in [2.45, 2.75) is 214 Å². The number of imide groups is 1. The first-order valence-electron chi connectivity index (χ1n) is 41.6. The van der Waals surface area contributed by atoms with Crippen LogP contribution in [0, 0.1) is 29.6 Å². The molecule has 6 aromatic carbocycles. The van der Waals surface area contributed by atoms with E-state index in [-0.39, 0.29) is 86.2 Å². The molecule has 17 rings (SSSR count). The number of phenolic OH excluding ortho intramolecular Hbond substituents is 3. The number of rotatable bonds is 19. The van der Waals surface area contributed by atoms with Gasteiger partial charge in [0.25, 0.3) is 0 Å². The highest BCUT2D eigenvalue weighted by Gasteiger charge is 2.53. The lowest BCUT2D eigenvalue weighted by molar-refractivity contribution is -0.333. The fourth-order valence-electron chi connectivity index (χ4n) is 18.2. The number of nitrogens with one attached hydrogen (secondary N) is 10. The number of phenols is 3. The number of urea groups is 1. The Balaban J connectivity index is 0.955. The van der Waals surface area contributed by atoms with Crippen LogP contribution in [-0.4, -0.2) is 204 Å². The number of benzene rings is 6. The topological polar surface area (TPSA) is 547 Å². The fourth-order valence-corrected chi connectivity index (χ4v) is 18.7. The minimum absolute atomic E-state index is 0.0536. The van der Waals surface area contributed by atoms with Gasteiger partial charge in [0, 0.05) is 40.9 Å². The third kappa shape index (κ3) is 19.8. The lowest BCUT2D eigenvalue weighted by atomic mass is 9.54. The summed E-state index contributed by atoms with van der Waals surface area (Å²) in [6, 6.07) is 4.71. The summed E-state index contributed by atoms with van der Waals surface area (Å²) in [6.07, 6.45) is -13.0. The molecule has 0 aromatic heterocycles. The van der Waals surface area contributed by atoms with Crippen LogP contribution >= 0.6 is 23.2 Å². The fraction of sp³-hybridized carbons (Fsp3) is 0.483. The summed E-state index contributed by atoms with van der Waals surface area (Å²) >= 11 is 14.5. The molecule has 670 valence electrons. The molecule has 4 saturated carbocycles. The zero-order valence-electron chi connectivity index (χ0n) is 69.0. The van der Waals surface area contributed by atoms with Gasteiger partial charge in [-0.1, -0.05) is 68.6 Å². The van der Waals surface area contributed by atoms with Crippen LogP contribution in [0.25, 0.3) is 11.1 Å². The zero-order valence-corrected chi connectivity index (χ0v) is 70.5. The highest BCUT2D eigenvalue weighted by molar-refractivity contribution is 6.32. The van der Waals surface area contributed by atoms with E-state index in [2.05, 4.69) is 53.2 Å². The molecule has 125 heavy (non-hydrogen) atoms. The van der Waals surface area contributed by atoms with Gasteiger partial charge in [0.15, 0.2) is 23.9 Å². The molecule has 0 radical (unpaired) electrons. The molecule has 11 aliphatic rings. The maximum atomic E-state index is 16.7. The van der Waals surface area contributed by atoms with Crippen LogP contribution in [0.3, 0.4) is 0 Å². The van der Waals surface area contributed by atoms with E-state index in [0.29, 0.717) is 24.2 Å². The molecule has 10 amide bonds. The Morgan fingerprint density at radius 1 is 0.672 bits per heavy atom. The standard InChI is InChI=1S/C87H103Cl2N11O25/c1-7-8-19-119-48-14-12-46(13-15-48)92-86(118)94-62(105)33-54-79(112)96-67-45-29-59(121-57-17-10-41(27-51(57)88)71(106)69(83(116)93-54)99-78(111)53(91-6)20-36(2)3)75(125-85-76(74(109)73(108)61(35-101)123-85)124-63-34-87(5,90)77(110)37(4)120-63)60(30-45)122-58-18-11-42(28-52(58)89)72(107)70-84(117)98-68(82(115)95-65-43-22-38-21-39(24-43)25-44(65)23-38)50-31-47(102)32-56(104)64(50)49-26-40(9-16-55(49)103)66(80(113)100-70)97-81(67)114/h9-18,26-32,36-39,43-44,53-54,61,63,65-74,76-77,85,91,101-104,106-110H,7-8,19-25,33-35,90H2,1-6H3,(H,93,116)(H,95,115)(H,96,112)(H,97,114)(H,98,117)(H,99,111)(H,100,113)(H2,92,94,105,118)/t37-,38?,39?,43?,44?,53+,54-,61+,63-,65?,66+,67+,68-,69+,70-,71+,72+,73+,74-,76+,77+,85-,87-/m0/s1. The second kappa shape index (κ2) is 37.8. The summed E-state index contributed by atoms with van der Waals surface area (Å²) < 4.78 is 44.8. The van der Waals surface area contributed by atoms with Gasteiger partial charge in [-0.3, -0.25) is 43.7 Å². The first kappa shape index (κ1) is 90.5. The number of fused-ring (bicyclic) bond motifs is 15. The number of nitrogens with two attached hydrogens (primary N) is 1. The molecule has 0 unspecified atom stereocenters. The van der Waals surface area contributed by atoms with Crippen molar-refractivity contribution in [3.05, 3.63) is 141 Å². The van der Waals surface area contributed by atoms with E-state index in [1.807, 2.05) is 20.8 Å². The second-order valence-corrected chi connectivity index (χ2v) is 34.9. The van der Waals surface area contributed by atoms with E-state index in [4.69, 9.17) is 62.1 Å². The maximum Gasteiger partial charge on any atom is 0.325 e. The van der Waals surface area contributed by atoms with Gasteiger partial charge in [0.05, 0.1) is 47.9 Å². The second-order valence-electron chi connectivity index (χ2n) is 34.1. The SMILES string of the molecule is CCCCOc1ccc(NC(=O)NC(=O)C[C@@H]2NC(=O)[C@H](NC(=O)[C@@H](CC(C)C)NC)[C@H](O)c3ccc(c(Cl)c3)Oc3cc4cc(c3O[C@@H]3O[C@H](CO)[C@@H](O)[C@H](O)[C@H]3O[C@H]3C[C@](C)(N)[C@H](O)[C@H](C)O3)Oc3ccc(cc3Cl)[C@@H](O)[C@@H]3NC(=O)[C@H](NC(=O)[C@@H]4NC2=O)c2ccc(O)c(c2)-c2c(O)cc(O)cc2[C@@H](C(=O)NC2C4CC5CC(C4)CC2C5)NC3=O)cc1. The van der Waals surface area contributed by atoms with E-state index in [9.17, 15) is 60.3 Å². The number of hydrogen-bond acceptors (Lipinski definition) is 27. The molecular weight excluding hydrogens is 1670 g/mol. The number of unbranched alkanes of at least 4 members (excludes halogenated alkanes) is 1. The van der Waals surface area contributed by atoms with E-state index in [1.54, 1.807) is 12.1 Å². The smallest absolute Gasteiger partial charge is 0.325 e. The Morgan fingerprint density at radius 2 is 1.30 bits per heavy atom. The highest BCUT2D eigenvalue weighted by Crippen LogP contribution is 2.55.